The maximum absolute atomic E-state index is 11.4. The molecule has 1 unspecified atom stereocenters. The predicted molar refractivity (Wildman–Crippen MR) is 58.1 cm³/mol. The molecule has 0 radical (unpaired) electrons. The van der Waals surface area contributed by atoms with E-state index in [9.17, 15) is 4.79 Å². The van der Waals surface area contributed by atoms with E-state index < -0.39 is 0 Å². The fraction of sp³-hybridized carbons (Fsp3) is 0.923. The highest BCUT2D eigenvalue weighted by Gasteiger charge is 2.29. The van der Waals surface area contributed by atoms with Crippen LogP contribution in [0.4, 0.5) is 0 Å². The average Bonchev–Trinajstić information content (AvgIpc) is 2.19. The summed E-state index contributed by atoms with van der Waals surface area (Å²) in [4.78, 5) is 11.4. The van der Waals surface area contributed by atoms with Crippen LogP contribution in [-0.4, -0.2) is 5.78 Å². The normalized spacial score (nSPS) is 39.8. The summed E-state index contributed by atoms with van der Waals surface area (Å²) in [7, 11) is 0. The van der Waals surface area contributed by atoms with Crippen molar-refractivity contribution < 1.29 is 4.79 Å². The highest BCUT2D eigenvalue weighted by molar-refractivity contribution is 5.79. The molecule has 2 rings (SSSR count). The molecule has 0 heterocycles. The van der Waals surface area contributed by atoms with Crippen molar-refractivity contribution in [1.29, 1.82) is 0 Å². The van der Waals surface area contributed by atoms with Crippen molar-refractivity contribution in [2.45, 2.75) is 58.3 Å². The van der Waals surface area contributed by atoms with Gasteiger partial charge in [-0.2, -0.15) is 0 Å². The Kier molecular flexibility index (Phi) is 3.25. The monoisotopic (exact) mass is 194 g/mol. The molecule has 14 heavy (non-hydrogen) atoms. The third-order valence-electron chi connectivity index (χ3n) is 4.25. The fourth-order valence-corrected chi connectivity index (χ4v) is 3.22. The van der Waals surface area contributed by atoms with Gasteiger partial charge in [0, 0.05) is 12.8 Å². The molecule has 2 saturated carbocycles. The molecule has 2 fully saturated rings. The molecule has 0 saturated heterocycles. The average molecular weight is 194 g/mol. The number of carbonyl (C=O) groups is 1. The summed E-state index contributed by atoms with van der Waals surface area (Å²) in [6.07, 6.45) is 9.82. The van der Waals surface area contributed by atoms with E-state index in [2.05, 4.69) is 6.92 Å². The van der Waals surface area contributed by atoms with Gasteiger partial charge in [-0.3, -0.25) is 4.79 Å². The number of Topliss-reactive ketones (excluding diaryl/α,β-unsaturated/α-hetero) is 1. The molecule has 0 spiro atoms. The third kappa shape index (κ3) is 2.37. The Morgan fingerprint density at radius 2 is 1.71 bits per heavy atom. The van der Waals surface area contributed by atoms with Gasteiger partial charge in [-0.25, -0.2) is 0 Å². The largest absolute Gasteiger partial charge is 0.300 e. The quantitative estimate of drug-likeness (QED) is 0.623. The maximum atomic E-state index is 11.4. The Bertz CT molecular complexity index is 201. The number of ketones is 1. The van der Waals surface area contributed by atoms with Gasteiger partial charge in [0.2, 0.25) is 0 Å². The van der Waals surface area contributed by atoms with Gasteiger partial charge in [-0.1, -0.05) is 19.8 Å². The van der Waals surface area contributed by atoms with Gasteiger partial charge in [0.1, 0.15) is 5.78 Å². The number of hydrogen-bond acceptors (Lipinski definition) is 1. The summed E-state index contributed by atoms with van der Waals surface area (Å²) in [5.74, 6) is 3.10. The second kappa shape index (κ2) is 4.46. The Hall–Kier alpha value is -0.330. The molecule has 1 heteroatoms. The summed E-state index contributed by atoms with van der Waals surface area (Å²) in [6, 6.07) is 0. The molecular weight excluding hydrogens is 172 g/mol. The van der Waals surface area contributed by atoms with Crippen molar-refractivity contribution in [1.82, 2.24) is 0 Å². The van der Waals surface area contributed by atoms with Gasteiger partial charge in [-0.05, 0) is 43.4 Å². The SMILES string of the molecule is CC1CCC(C2CCCC(=O)C2)CC1. The third-order valence-corrected chi connectivity index (χ3v) is 4.25. The first-order valence-electron chi connectivity index (χ1n) is 6.27. The second-order valence-electron chi connectivity index (χ2n) is 5.42. The van der Waals surface area contributed by atoms with Crippen LogP contribution < -0.4 is 0 Å². The highest BCUT2D eigenvalue weighted by atomic mass is 16.1. The van der Waals surface area contributed by atoms with Gasteiger partial charge >= 0.3 is 0 Å². The van der Waals surface area contributed by atoms with E-state index in [-0.39, 0.29) is 0 Å². The van der Waals surface area contributed by atoms with E-state index in [0.29, 0.717) is 5.78 Å². The molecule has 0 N–H and O–H groups in total. The van der Waals surface area contributed by atoms with Gasteiger partial charge in [-0.15, -0.1) is 0 Å². The van der Waals surface area contributed by atoms with Crippen LogP contribution in [0.2, 0.25) is 0 Å². The smallest absolute Gasteiger partial charge is 0.133 e. The zero-order valence-corrected chi connectivity index (χ0v) is 9.30. The summed E-state index contributed by atoms with van der Waals surface area (Å²) >= 11 is 0. The van der Waals surface area contributed by atoms with Gasteiger partial charge < -0.3 is 0 Å². The van der Waals surface area contributed by atoms with Crippen LogP contribution in [-0.2, 0) is 4.79 Å². The topological polar surface area (TPSA) is 17.1 Å². The molecule has 0 bridgehead atoms. The predicted octanol–water partition coefficient (Wildman–Crippen LogP) is 3.57. The van der Waals surface area contributed by atoms with E-state index in [1.54, 1.807) is 0 Å². The summed E-state index contributed by atoms with van der Waals surface area (Å²) in [5, 5.41) is 0. The Morgan fingerprint density at radius 1 is 1.00 bits per heavy atom. The zero-order valence-electron chi connectivity index (χ0n) is 9.30. The second-order valence-corrected chi connectivity index (χ2v) is 5.42. The van der Waals surface area contributed by atoms with Crippen molar-refractivity contribution >= 4 is 5.78 Å². The van der Waals surface area contributed by atoms with Crippen LogP contribution in [0.25, 0.3) is 0 Å². The van der Waals surface area contributed by atoms with Gasteiger partial charge in [0.15, 0.2) is 0 Å². The van der Waals surface area contributed by atoms with Gasteiger partial charge in [0.05, 0.1) is 0 Å². The minimum atomic E-state index is 0.528. The number of hydrogen-bond donors (Lipinski definition) is 0. The Labute approximate surface area is 87.3 Å². The lowest BCUT2D eigenvalue weighted by atomic mass is 9.71. The number of carbonyl (C=O) groups excluding carboxylic acids is 1. The van der Waals surface area contributed by atoms with Crippen molar-refractivity contribution in [2.24, 2.45) is 17.8 Å². The standard InChI is InChI=1S/C13H22O/c1-10-5-7-11(8-6-10)12-3-2-4-13(14)9-12/h10-12H,2-9H2,1H3. The first-order valence-corrected chi connectivity index (χ1v) is 6.27. The van der Waals surface area contributed by atoms with E-state index in [1.807, 2.05) is 0 Å². The van der Waals surface area contributed by atoms with Crippen LogP contribution in [0, 0.1) is 17.8 Å². The summed E-state index contributed by atoms with van der Waals surface area (Å²) < 4.78 is 0. The van der Waals surface area contributed by atoms with E-state index in [1.165, 1.54) is 32.1 Å². The van der Waals surface area contributed by atoms with E-state index >= 15 is 0 Å². The van der Waals surface area contributed by atoms with Crippen molar-refractivity contribution in [3.05, 3.63) is 0 Å². The van der Waals surface area contributed by atoms with Crippen LogP contribution in [0.15, 0.2) is 0 Å². The first kappa shape index (κ1) is 10.2. The molecule has 0 amide bonds. The number of rotatable bonds is 1. The molecule has 1 atom stereocenters. The van der Waals surface area contributed by atoms with Gasteiger partial charge in [0.25, 0.3) is 0 Å². The van der Waals surface area contributed by atoms with Crippen molar-refractivity contribution in [2.75, 3.05) is 0 Å². The van der Waals surface area contributed by atoms with Crippen LogP contribution in [0.1, 0.15) is 58.3 Å². The minimum Gasteiger partial charge on any atom is -0.300 e. The highest BCUT2D eigenvalue weighted by Crippen LogP contribution is 2.38. The molecule has 2 aliphatic rings. The molecular formula is C13H22O. The zero-order chi connectivity index (χ0) is 9.97. The van der Waals surface area contributed by atoms with Crippen molar-refractivity contribution in [3.63, 3.8) is 0 Å². The lowest BCUT2D eigenvalue weighted by Crippen LogP contribution is -2.26. The maximum Gasteiger partial charge on any atom is 0.133 e. The van der Waals surface area contributed by atoms with E-state index in [4.69, 9.17) is 0 Å². The van der Waals surface area contributed by atoms with E-state index in [0.717, 1.165) is 37.0 Å². The van der Waals surface area contributed by atoms with Crippen molar-refractivity contribution in [3.8, 4) is 0 Å². The molecule has 0 aliphatic heterocycles. The Balaban J connectivity index is 1.85. The molecule has 80 valence electrons. The molecule has 0 aromatic heterocycles. The molecule has 1 nitrogen and oxygen atoms in total. The van der Waals surface area contributed by atoms with Crippen LogP contribution in [0.5, 0.6) is 0 Å². The minimum absolute atomic E-state index is 0.528. The fourth-order valence-electron chi connectivity index (χ4n) is 3.22. The summed E-state index contributed by atoms with van der Waals surface area (Å²) in [6.45, 7) is 2.36. The summed E-state index contributed by atoms with van der Waals surface area (Å²) in [5.41, 5.74) is 0. The van der Waals surface area contributed by atoms with Crippen LogP contribution in [0.3, 0.4) is 0 Å². The molecule has 2 aliphatic carbocycles. The molecule has 0 aromatic carbocycles. The molecule has 0 aromatic rings. The lowest BCUT2D eigenvalue weighted by Gasteiger charge is -2.34. The Morgan fingerprint density at radius 3 is 2.36 bits per heavy atom. The van der Waals surface area contributed by atoms with Crippen LogP contribution >= 0.6 is 0 Å². The lowest BCUT2D eigenvalue weighted by molar-refractivity contribution is -0.122. The first-order chi connectivity index (χ1) is 6.75.